The van der Waals surface area contributed by atoms with E-state index in [0.29, 0.717) is 24.2 Å². The molecule has 0 aliphatic rings. The van der Waals surface area contributed by atoms with Crippen LogP contribution in [0.5, 0.6) is 5.75 Å². The normalized spacial score (nSPS) is 11.2. The molecule has 2 aromatic heterocycles. The fourth-order valence-corrected chi connectivity index (χ4v) is 3.54. The molecule has 0 bridgehead atoms. The van der Waals surface area contributed by atoms with Crippen molar-refractivity contribution in [3.05, 3.63) is 36.3 Å². The van der Waals surface area contributed by atoms with Crippen molar-refractivity contribution in [2.45, 2.75) is 38.9 Å². The molecule has 0 fully saturated rings. The summed E-state index contributed by atoms with van der Waals surface area (Å²) in [6, 6.07) is 5.99. The molecule has 32 heavy (non-hydrogen) atoms. The number of aromatic nitrogens is 4. The highest BCUT2D eigenvalue weighted by Crippen LogP contribution is 2.25. The average Bonchev–Trinajstić information content (AvgIpc) is 3.18. The molecule has 0 radical (unpaired) electrons. The molecule has 8 nitrogen and oxygen atoms in total. The number of para-hydroxylation sites is 1. The van der Waals surface area contributed by atoms with Crippen molar-refractivity contribution < 1.29 is 13.9 Å². The Hall–Kier alpha value is -2.88. The van der Waals surface area contributed by atoms with E-state index in [-0.39, 0.29) is 18.3 Å². The number of thioether (sulfide) groups is 1. The van der Waals surface area contributed by atoms with Crippen LogP contribution >= 0.6 is 11.8 Å². The minimum absolute atomic E-state index is 0.0518. The SMILES string of the molecule is CCCSc1nc(NCC(C)C)c2cnn(CCNC(=O)COc3ccccc3F)c2n1. The summed E-state index contributed by atoms with van der Waals surface area (Å²) >= 11 is 1.61. The number of halogens is 1. The monoisotopic (exact) mass is 460 g/mol. The van der Waals surface area contributed by atoms with Crippen molar-refractivity contribution in [1.82, 2.24) is 25.1 Å². The number of anilines is 1. The molecular weight excluding hydrogens is 431 g/mol. The van der Waals surface area contributed by atoms with Gasteiger partial charge in [-0.25, -0.2) is 19.0 Å². The number of carbonyl (C=O) groups excluding carboxylic acids is 1. The van der Waals surface area contributed by atoms with Crippen molar-refractivity contribution in [2.75, 3.05) is 30.8 Å². The molecule has 172 valence electrons. The van der Waals surface area contributed by atoms with Gasteiger partial charge in [0.15, 0.2) is 29.0 Å². The van der Waals surface area contributed by atoms with Gasteiger partial charge in [0.25, 0.3) is 5.91 Å². The second kappa shape index (κ2) is 11.7. The van der Waals surface area contributed by atoms with E-state index in [0.717, 1.165) is 35.6 Å². The lowest BCUT2D eigenvalue weighted by Gasteiger charge is -2.11. The summed E-state index contributed by atoms with van der Waals surface area (Å²) in [5, 5.41) is 12.2. The zero-order valence-corrected chi connectivity index (χ0v) is 19.4. The van der Waals surface area contributed by atoms with Gasteiger partial charge in [-0.2, -0.15) is 5.10 Å². The summed E-state index contributed by atoms with van der Waals surface area (Å²) in [6.07, 6.45) is 2.77. The first kappa shape index (κ1) is 23.8. The zero-order chi connectivity index (χ0) is 22.9. The number of amides is 1. The lowest BCUT2D eigenvalue weighted by atomic mass is 10.2. The van der Waals surface area contributed by atoms with Gasteiger partial charge in [-0.1, -0.05) is 44.7 Å². The molecule has 0 spiro atoms. The van der Waals surface area contributed by atoms with E-state index in [1.165, 1.54) is 12.1 Å². The van der Waals surface area contributed by atoms with Crippen molar-refractivity contribution in [1.29, 1.82) is 0 Å². The van der Waals surface area contributed by atoms with Gasteiger partial charge in [0.2, 0.25) is 0 Å². The minimum Gasteiger partial charge on any atom is -0.481 e. The zero-order valence-electron chi connectivity index (χ0n) is 18.6. The Morgan fingerprint density at radius 1 is 1.28 bits per heavy atom. The number of hydrogen-bond donors (Lipinski definition) is 2. The second-order valence-corrected chi connectivity index (χ2v) is 8.71. The third-order valence-electron chi connectivity index (χ3n) is 4.43. The number of carbonyl (C=O) groups is 1. The summed E-state index contributed by atoms with van der Waals surface area (Å²) in [5.74, 6) is 1.40. The predicted octanol–water partition coefficient (Wildman–Crippen LogP) is 3.73. The van der Waals surface area contributed by atoms with Gasteiger partial charge >= 0.3 is 0 Å². The molecule has 0 saturated carbocycles. The first-order valence-corrected chi connectivity index (χ1v) is 11.7. The quantitative estimate of drug-likeness (QED) is 0.314. The lowest BCUT2D eigenvalue weighted by Crippen LogP contribution is -2.31. The molecule has 3 aromatic rings. The number of benzene rings is 1. The molecule has 2 heterocycles. The molecule has 0 aliphatic carbocycles. The molecule has 0 unspecified atom stereocenters. The number of ether oxygens (including phenoxy) is 1. The van der Waals surface area contributed by atoms with Gasteiger partial charge in [-0.3, -0.25) is 4.79 Å². The van der Waals surface area contributed by atoms with Gasteiger partial charge in [-0.05, 0) is 24.5 Å². The smallest absolute Gasteiger partial charge is 0.258 e. The van der Waals surface area contributed by atoms with Crippen molar-refractivity contribution >= 4 is 34.5 Å². The third kappa shape index (κ3) is 6.56. The van der Waals surface area contributed by atoms with Crippen LogP contribution in [-0.2, 0) is 11.3 Å². The summed E-state index contributed by atoms with van der Waals surface area (Å²) in [5.41, 5.74) is 0.724. The standard InChI is InChI=1S/C22H29FN6O2S/c1-4-11-32-22-27-20(25-12-15(2)3)16-13-26-29(21(16)28-22)10-9-24-19(30)14-31-18-8-6-5-7-17(18)23/h5-8,13,15H,4,9-12,14H2,1-3H3,(H,24,30)(H,25,27,28). The van der Waals surface area contributed by atoms with E-state index in [1.807, 2.05) is 0 Å². The van der Waals surface area contributed by atoms with Crippen LogP contribution in [0.1, 0.15) is 27.2 Å². The maximum absolute atomic E-state index is 13.6. The Morgan fingerprint density at radius 3 is 2.84 bits per heavy atom. The lowest BCUT2D eigenvalue weighted by molar-refractivity contribution is -0.123. The van der Waals surface area contributed by atoms with E-state index in [1.54, 1.807) is 34.8 Å². The van der Waals surface area contributed by atoms with Crippen LogP contribution in [-0.4, -0.2) is 51.1 Å². The van der Waals surface area contributed by atoms with E-state index < -0.39 is 5.82 Å². The molecular formula is C22H29FN6O2S. The first-order valence-electron chi connectivity index (χ1n) is 10.7. The minimum atomic E-state index is -0.498. The fraction of sp³-hybridized carbons (Fsp3) is 0.455. The molecule has 0 atom stereocenters. The molecule has 2 N–H and O–H groups in total. The molecule has 3 rings (SSSR count). The number of fused-ring (bicyclic) bond motifs is 1. The second-order valence-electron chi connectivity index (χ2n) is 7.65. The molecule has 0 saturated heterocycles. The largest absolute Gasteiger partial charge is 0.481 e. The van der Waals surface area contributed by atoms with Crippen LogP contribution in [0.4, 0.5) is 10.2 Å². The summed E-state index contributed by atoms with van der Waals surface area (Å²) in [7, 11) is 0. The Bertz CT molecular complexity index is 1040. The van der Waals surface area contributed by atoms with Crippen LogP contribution in [0.3, 0.4) is 0 Å². The van der Waals surface area contributed by atoms with E-state index in [4.69, 9.17) is 4.74 Å². The number of nitrogens with zero attached hydrogens (tertiary/aromatic N) is 4. The van der Waals surface area contributed by atoms with Crippen LogP contribution in [0.15, 0.2) is 35.6 Å². The highest BCUT2D eigenvalue weighted by molar-refractivity contribution is 7.99. The van der Waals surface area contributed by atoms with Crippen LogP contribution < -0.4 is 15.4 Å². The van der Waals surface area contributed by atoms with Gasteiger partial charge < -0.3 is 15.4 Å². The summed E-state index contributed by atoms with van der Waals surface area (Å²) < 4.78 is 20.6. The maximum atomic E-state index is 13.6. The average molecular weight is 461 g/mol. The summed E-state index contributed by atoms with van der Waals surface area (Å²) in [6.45, 7) is 7.71. The number of rotatable bonds is 12. The van der Waals surface area contributed by atoms with Gasteiger partial charge in [0, 0.05) is 18.8 Å². The Balaban J connectivity index is 1.62. The highest BCUT2D eigenvalue weighted by Gasteiger charge is 2.14. The predicted molar refractivity (Wildman–Crippen MR) is 125 cm³/mol. The molecule has 0 aliphatic heterocycles. The topological polar surface area (TPSA) is 94.0 Å². The van der Waals surface area contributed by atoms with Crippen LogP contribution in [0.25, 0.3) is 11.0 Å². The molecule has 1 aromatic carbocycles. The van der Waals surface area contributed by atoms with Gasteiger partial charge in [0.05, 0.1) is 18.1 Å². The molecule has 1 amide bonds. The third-order valence-corrected chi connectivity index (χ3v) is 5.48. The summed E-state index contributed by atoms with van der Waals surface area (Å²) in [4.78, 5) is 21.4. The van der Waals surface area contributed by atoms with Crippen LogP contribution in [0.2, 0.25) is 0 Å². The fourth-order valence-electron chi connectivity index (χ4n) is 2.85. The highest BCUT2D eigenvalue weighted by atomic mass is 32.2. The van der Waals surface area contributed by atoms with Gasteiger partial charge in [-0.15, -0.1) is 0 Å². The van der Waals surface area contributed by atoms with E-state index in [9.17, 15) is 9.18 Å². The number of hydrogen-bond acceptors (Lipinski definition) is 7. The first-order chi connectivity index (χ1) is 15.5. The Kier molecular flexibility index (Phi) is 8.66. The van der Waals surface area contributed by atoms with Crippen molar-refractivity contribution in [3.8, 4) is 5.75 Å². The van der Waals surface area contributed by atoms with E-state index in [2.05, 4.69) is 46.5 Å². The Labute approximate surface area is 191 Å². The number of nitrogens with one attached hydrogen (secondary N) is 2. The van der Waals surface area contributed by atoms with E-state index >= 15 is 0 Å². The van der Waals surface area contributed by atoms with Crippen LogP contribution in [0, 0.1) is 11.7 Å². The van der Waals surface area contributed by atoms with Crippen molar-refractivity contribution in [2.24, 2.45) is 5.92 Å². The maximum Gasteiger partial charge on any atom is 0.258 e. The Morgan fingerprint density at radius 2 is 2.09 bits per heavy atom. The van der Waals surface area contributed by atoms with Gasteiger partial charge in [0.1, 0.15) is 5.82 Å². The van der Waals surface area contributed by atoms with Crippen molar-refractivity contribution in [3.63, 3.8) is 0 Å². The molecule has 10 heteroatoms.